The van der Waals surface area contributed by atoms with E-state index in [0.29, 0.717) is 12.4 Å². The van der Waals surface area contributed by atoms with Crippen molar-refractivity contribution in [3.8, 4) is 11.5 Å². The maximum absolute atomic E-state index is 14.0. The van der Waals surface area contributed by atoms with E-state index in [4.69, 9.17) is 18.9 Å². The number of esters is 1. The van der Waals surface area contributed by atoms with Gasteiger partial charge in [0.25, 0.3) is 0 Å². The van der Waals surface area contributed by atoms with E-state index < -0.39 is 17.7 Å². The number of carbonyl (C=O) groups excluding carboxylic acids is 1. The van der Waals surface area contributed by atoms with Gasteiger partial charge in [0.1, 0.15) is 11.7 Å². The lowest BCUT2D eigenvalue weighted by atomic mass is 10.1. The van der Waals surface area contributed by atoms with Gasteiger partial charge in [0.2, 0.25) is 0 Å². The van der Waals surface area contributed by atoms with Crippen LogP contribution < -0.4 is 9.47 Å². The van der Waals surface area contributed by atoms with Crippen LogP contribution in [0.5, 0.6) is 11.5 Å². The van der Waals surface area contributed by atoms with Gasteiger partial charge in [-0.05, 0) is 31.4 Å². The highest BCUT2D eigenvalue weighted by Crippen LogP contribution is 2.25. The Bertz CT molecular complexity index is 541. The predicted molar refractivity (Wildman–Crippen MR) is 91.1 cm³/mol. The van der Waals surface area contributed by atoms with Crippen molar-refractivity contribution in [3.63, 3.8) is 0 Å². The second kappa shape index (κ2) is 10.4. The van der Waals surface area contributed by atoms with Crippen LogP contribution in [0.3, 0.4) is 0 Å². The van der Waals surface area contributed by atoms with Gasteiger partial charge in [0.15, 0.2) is 17.9 Å². The van der Waals surface area contributed by atoms with E-state index in [-0.39, 0.29) is 25.3 Å². The zero-order chi connectivity index (χ0) is 18.1. The van der Waals surface area contributed by atoms with Crippen molar-refractivity contribution in [2.45, 2.75) is 52.2 Å². The van der Waals surface area contributed by atoms with Crippen molar-refractivity contribution < 1.29 is 28.1 Å². The van der Waals surface area contributed by atoms with Crippen LogP contribution in [0.1, 0.15) is 46.0 Å². The van der Waals surface area contributed by atoms with Gasteiger partial charge in [0, 0.05) is 6.07 Å². The standard InChI is InChI=1S/C19H27FO5/c1-3-5-6-7-18-23-12-14(13-24-18)19(21)25-17-9-8-15(11-16(17)20)22-10-4-2/h8-9,11,14,18H,3-7,10,12-13H2,1-2H3. The van der Waals surface area contributed by atoms with Crippen LogP contribution in [-0.2, 0) is 14.3 Å². The molecule has 6 heteroatoms. The van der Waals surface area contributed by atoms with Gasteiger partial charge in [0.05, 0.1) is 19.8 Å². The summed E-state index contributed by atoms with van der Waals surface area (Å²) >= 11 is 0. The van der Waals surface area contributed by atoms with Crippen molar-refractivity contribution in [1.29, 1.82) is 0 Å². The minimum absolute atomic E-state index is 0.112. The van der Waals surface area contributed by atoms with E-state index in [9.17, 15) is 9.18 Å². The minimum Gasteiger partial charge on any atom is -0.493 e. The third-order valence-corrected chi connectivity index (χ3v) is 3.93. The van der Waals surface area contributed by atoms with Gasteiger partial charge >= 0.3 is 5.97 Å². The van der Waals surface area contributed by atoms with Crippen molar-refractivity contribution in [3.05, 3.63) is 24.0 Å². The molecule has 140 valence electrons. The summed E-state index contributed by atoms with van der Waals surface area (Å²) in [6.07, 6.45) is 4.69. The topological polar surface area (TPSA) is 54.0 Å². The van der Waals surface area contributed by atoms with Crippen molar-refractivity contribution in [2.75, 3.05) is 19.8 Å². The van der Waals surface area contributed by atoms with E-state index in [1.54, 1.807) is 6.07 Å². The predicted octanol–water partition coefficient (Wildman–Crippen LogP) is 4.09. The van der Waals surface area contributed by atoms with Crippen molar-refractivity contribution in [1.82, 2.24) is 0 Å². The summed E-state index contributed by atoms with van der Waals surface area (Å²) in [5.41, 5.74) is 0. The van der Waals surface area contributed by atoms with Crippen LogP contribution in [0.25, 0.3) is 0 Å². The van der Waals surface area contributed by atoms with Crippen LogP contribution in [0.15, 0.2) is 18.2 Å². The fourth-order valence-corrected chi connectivity index (χ4v) is 2.47. The van der Waals surface area contributed by atoms with E-state index >= 15 is 0 Å². The largest absolute Gasteiger partial charge is 0.493 e. The lowest BCUT2D eigenvalue weighted by Crippen LogP contribution is -2.38. The highest BCUT2D eigenvalue weighted by molar-refractivity contribution is 5.75. The average Bonchev–Trinajstić information content (AvgIpc) is 2.62. The Morgan fingerprint density at radius 1 is 1.20 bits per heavy atom. The van der Waals surface area contributed by atoms with Gasteiger partial charge in [-0.15, -0.1) is 0 Å². The number of hydrogen-bond acceptors (Lipinski definition) is 5. The van der Waals surface area contributed by atoms with Gasteiger partial charge in [-0.1, -0.05) is 26.7 Å². The molecule has 0 radical (unpaired) electrons. The molecule has 0 amide bonds. The van der Waals surface area contributed by atoms with Crippen LogP contribution in [0.4, 0.5) is 4.39 Å². The van der Waals surface area contributed by atoms with Crippen LogP contribution >= 0.6 is 0 Å². The van der Waals surface area contributed by atoms with Gasteiger partial charge in [-0.25, -0.2) is 4.39 Å². The van der Waals surface area contributed by atoms with Gasteiger partial charge < -0.3 is 18.9 Å². The molecule has 1 aliphatic heterocycles. The molecular weight excluding hydrogens is 327 g/mol. The first-order valence-corrected chi connectivity index (χ1v) is 9.01. The maximum Gasteiger partial charge on any atom is 0.319 e. The lowest BCUT2D eigenvalue weighted by molar-refractivity contribution is -0.208. The molecule has 1 aliphatic rings. The molecule has 25 heavy (non-hydrogen) atoms. The number of ether oxygens (including phenoxy) is 4. The Kier molecular flexibility index (Phi) is 8.15. The average molecular weight is 354 g/mol. The first-order valence-electron chi connectivity index (χ1n) is 9.01. The SMILES string of the molecule is CCCCCC1OCC(C(=O)Oc2ccc(OCCC)cc2F)CO1. The zero-order valence-electron chi connectivity index (χ0n) is 15.0. The molecule has 0 aromatic heterocycles. The number of unbranched alkanes of at least 4 members (excludes halogenated alkanes) is 2. The Morgan fingerprint density at radius 2 is 1.96 bits per heavy atom. The third kappa shape index (κ3) is 6.29. The first kappa shape index (κ1) is 19.7. The quantitative estimate of drug-likeness (QED) is 0.380. The van der Waals surface area contributed by atoms with Gasteiger partial charge in [-0.3, -0.25) is 4.79 Å². The number of benzene rings is 1. The fraction of sp³-hybridized carbons (Fsp3) is 0.632. The number of rotatable bonds is 9. The summed E-state index contributed by atoms with van der Waals surface area (Å²) in [4.78, 5) is 12.2. The minimum atomic E-state index is -0.628. The van der Waals surface area contributed by atoms with Crippen molar-refractivity contribution in [2.24, 2.45) is 5.92 Å². The van der Waals surface area contributed by atoms with Gasteiger partial charge in [-0.2, -0.15) is 0 Å². The second-order valence-electron chi connectivity index (χ2n) is 6.15. The molecule has 1 aromatic rings. The van der Waals surface area contributed by atoms with Crippen molar-refractivity contribution >= 4 is 5.97 Å². The first-order chi connectivity index (χ1) is 12.1. The molecular formula is C19H27FO5. The summed E-state index contributed by atoms with van der Waals surface area (Å²) in [5.74, 6) is -1.42. The molecule has 0 aliphatic carbocycles. The highest BCUT2D eigenvalue weighted by Gasteiger charge is 2.29. The molecule has 0 bridgehead atoms. The summed E-state index contributed by atoms with van der Waals surface area (Å²) in [6, 6.07) is 4.20. The van der Waals surface area contributed by atoms with Crippen LogP contribution in [0.2, 0.25) is 0 Å². The summed E-state index contributed by atoms with van der Waals surface area (Å²) < 4.78 is 35.6. The third-order valence-electron chi connectivity index (χ3n) is 3.93. The Hall–Kier alpha value is -1.66. The normalized spacial score (nSPS) is 20.3. The van der Waals surface area contributed by atoms with E-state index in [2.05, 4.69) is 6.92 Å². The van der Waals surface area contributed by atoms with E-state index in [1.165, 1.54) is 12.1 Å². The molecule has 5 nitrogen and oxygen atoms in total. The number of halogens is 1. The maximum atomic E-state index is 14.0. The Labute approximate surface area is 148 Å². The summed E-state index contributed by atoms with van der Waals surface area (Å²) in [6.45, 7) is 5.07. The number of hydrogen-bond donors (Lipinski definition) is 0. The monoisotopic (exact) mass is 354 g/mol. The lowest BCUT2D eigenvalue weighted by Gasteiger charge is -2.28. The molecule has 0 unspecified atom stereocenters. The molecule has 1 fully saturated rings. The Balaban J connectivity index is 1.80. The fourth-order valence-electron chi connectivity index (χ4n) is 2.47. The molecule has 0 atom stereocenters. The summed E-state index contributed by atoms with van der Waals surface area (Å²) in [5, 5.41) is 0. The van der Waals surface area contributed by atoms with E-state index in [0.717, 1.165) is 32.1 Å². The highest BCUT2D eigenvalue weighted by atomic mass is 19.1. The summed E-state index contributed by atoms with van der Waals surface area (Å²) in [7, 11) is 0. The molecule has 1 heterocycles. The van der Waals surface area contributed by atoms with E-state index in [1.807, 2.05) is 6.92 Å². The number of carbonyl (C=O) groups is 1. The molecule has 1 aromatic carbocycles. The van der Waals surface area contributed by atoms with Crippen LogP contribution in [-0.4, -0.2) is 32.1 Å². The molecule has 0 spiro atoms. The molecule has 2 rings (SSSR count). The zero-order valence-corrected chi connectivity index (χ0v) is 15.0. The molecule has 1 saturated heterocycles. The Morgan fingerprint density at radius 3 is 2.60 bits per heavy atom. The second-order valence-corrected chi connectivity index (χ2v) is 6.15. The molecule has 0 N–H and O–H groups in total. The molecule has 0 saturated carbocycles. The smallest absolute Gasteiger partial charge is 0.319 e. The van der Waals surface area contributed by atoms with Crippen LogP contribution in [0, 0.1) is 11.7 Å².